The molecule has 0 saturated heterocycles. The van der Waals surface area contributed by atoms with Gasteiger partial charge in [0.15, 0.2) is 17.4 Å². The van der Waals surface area contributed by atoms with Crippen LogP contribution in [0.25, 0.3) is 55.5 Å². The molecule has 0 amide bonds. The zero-order chi connectivity index (χ0) is 32.3. The zero-order valence-corrected chi connectivity index (χ0v) is 24.4. The second-order valence-electron chi connectivity index (χ2n) is 11.1. The molecule has 0 bridgehead atoms. The molecule has 5 nitrogen and oxygen atoms in total. The fourth-order valence-electron chi connectivity index (χ4n) is 6.38. The lowest BCUT2D eigenvalue weighted by Crippen LogP contribution is -1.98. The predicted octanol–water partition coefficient (Wildman–Crippen LogP) is 9.82. The number of rotatable bonds is 5. The number of aryl methyl sites for hydroxylation is 3. The summed E-state index contributed by atoms with van der Waals surface area (Å²) in [5, 5.41) is 2.24. The molecular weight excluding hydrogens is 540 g/mol. The van der Waals surface area contributed by atoms with Gasteiger partial charge in [-0.15, -0.1) is 0 Å². The second-order valence-corrected chi connectivity index (χ2v) is 11.1. The zero-order valence-electron chi connectivity index (χ0n) is 27.4. The van der Waals surface area contributed by atoms with Crippen molar-refractivity contribution < 1.29 is 8.85 Å². The van der Waals surface area contributed by atoms with Gasteiger partial charge in [0.05, 0.1) is 11.0 Å². The summed E-state index contributed by atoms with van der Waals surface area (Å²) >= 11 is 0. The molecule has 0 N–H and O–H groups in total. The molecule has 3 heterocycles. The van der Waals surface area contributed by atoms with Gasteiger partial charge < -0.3 is 4.74 Å². The third-order valence-corrected chi connectivity index (χ3v) is 8.35. The van der Waals surface area contributed by atoms with Gasteiger partial charge in [0, 0.05) is 58.4 Å². The number of fused-ring (bicyclic) bond motifs is 4. The van der Waals surface area contributed by atoms with E-state index in [0.717, 1.165) is 44.4 Å². The number of aromatic nitrogens is 4. The van der Waals surface area contributed by atoms with E-state index in [1.165, 1.54) is 21.3 Å². The quantitative estimate of drug-likeness (QED) is 0.192. The van der Waals surface area contributed by atoms with Gasteiger partial charge in [-0.25, -0.2) is 9.55 Å². The Hall–Kier alpha value is -5.68. The van der Waals surface area contributed by atoms with Gasteiger partial charge in [0.25, 0.3) is 0 Å². The van der Waals surface area contributed by atoms with Crippen molar-refractivity contribution in [2.45, 2.75) is 13.8 Å². The molecule has 0 spiro atoms. The highest BCUT2D eigenvalue weighted by Gasteiger charge is 2.17. The number of hydrogen-bond acceptors (Lipinski definition) is 2. The van der Waals surface area contributed by atoms with Crippen LogP contribution in [0.2, 0.25) is 0 Å². The van der Waals surface area contributed by atoms with Gasteiger partial charge in [-0.05, 0) is 90.7 Å². The smallest absolute Gasteiger partial charge is 0.191 e. The third kappa shape index (κ3) is 4.24. The van der Waals surface area contributed by atoms with E-state index in [9.17, 15) is 0 Å². The van der Waals surface area contributed by atoms with Crippen molar-refractivity contribution in [3.05, 3.63) is 145 Å². The van der Waals surface area contributed by atoms with Gasteiger partial charge in [-0.2, -0.15) is 4.57 Å². The number of benzene rings is 5. The maximum Gasteiger partial charge on any atom is 0.191 e. The molecule has 44 heavy (non-hydrogen) atoms. The van der Waals surface area contributed by atoms with Crippen LogP contribution >= 0.6 is 0 Å². The largest absolute Gasteiger partial charge is 0.456 e. The van der Waals surface area contributed by atoms with Crippen LogP contribution in [0.3, 0.4) is 0 Å². The topological polar surface area (TPSA) is 36.9 Å². The molecule has 3 aromatic heterocycles. The van der Waals surface area contributed by atoms with Crippen LogP contribution in [0.5, 0.6) is 11.5 Å². The van der Waals surface area contributed by atoms with E-state index in [-0.39, 0.29) is 0 Å². The maximum absolute atomic E-state index is 8.03. The number of ether oxygens (including phenoxy) is 1. The first-order valence-corrected chi connectivity index (χ1v) is 14.6. The molecule has 5 aromatic carbocycles. The van der Waals surface area contributed by atoms with Crippen LogP contribution in [0.4, 0.5) is 0 Å². The minimum atomic E-state index is -2.31. The van der Waals surface area contributed by atoms with E-state index >= 15 is 0 Å². The van der Waals surface area contributed by atoms with Crippen LogP contribution in [0.15, 0.2) is 134 Å². The molecule has 212 valence electrons. The van der Waals surface area contributed by atoms with Crippen molar-refractivity contribution >= 4 is 32.8 Å². The highest BCUT2D eigenvalue weighted by molar-refractivity contribution is 6.09. The van der Waals surface area contributed by atoms with E-state index in [2.05, 4.69) is 85.1 Å². The summed E-state index contributed by atoms with van der Waals surface area (Å²) in [4.78, 5) is 4.85. The molecule has 0 aliphatic heterocycles. The van der Waals surface area contributed by atoms with Crippen LogP contribution in [0.1, 0.15) is 15.2 Å². The Bertz CT molecular complexity index is 2450. The van der Waals surface area contributed by atoms with Gasteiger partial charge in [-0.1, -0.05) is 36.4 Å². The maximum atomic E-state index is 8.03. The first-order chi connectivity index (χ1) is 22.8. The Morgan fingerprint density at radius 2 is 1.39 bits per heavy atom. The lowest BCUT2D eigenvalue weighted by molar-refractivity contribution is 0.483. The lowest BCUT2D eigenvalue weighted by atomic mass is 9.96. The molecule has 0 saturated carbocycles. The fraction of sp³-hybridized carbons (Fsp3) is 0.0769. The monoisotopic (exact) mass is 574 g/mol. The number of pyridine rings is 1. The van der Waals surface area contributed by atoms with Gasteiger partial charge in [0.2, 0.25) is 0 Å². The minimum Gasteiger partial charge on any atom is -0.456 e. The number of nitrogens with zero attached hydrogens (tertiary/aromatic N) is 4. The Balaban J connectivity index is 1.22. The molecular formula is C39H31N4O+. The lowest BCUT2D eigenvalue weighted by Gasteiger charge is -2.13. The van der Waals surface area contributed by atoms with Crippen molar-refractivity contribution in [1.82, 2.24) is 18.7 Å². The van der Waals surface area contributed by atoms with E-state index in [0.29, 0.717) is 17.0 Å². The third-order valence-electron chi connectivity index (χ3n) is 8.35. The van der Waals surface area contributed by atoms with Crippen LogP contribution in [-0.4, -0.2) is 18.7 Å². The van der Waals surface area contributed by atoms with Gasteiger partial charge >= 0.3 is 0 Å². The number of para-hydroxylation sites is 3. The molecule has 0 atom stereocenters. The Labute approximate surface area is 260 Å². The summed E-state index contributed by atoms with van der Waals surface area (Å²) in [5.41, 5.74) is 9.07. The Morgan fingerprint density at radius 1 is 0.659 bits per heavy atom. The van der Waals surface area contributed by atoms with Gasteiger partial charge in [-0.3, -0.25) is 4.57 Å². The molecule has 8 rings (SSSR count). The molecule has 0 fully saturated rings. The standard InChI is InChI=1S/C39H31N4O/c1-26-10-8-11-27(2)39(26)28-20-21-40-38(22-28)43-34-15-5-4-14-32(34)33-19-18-31(24-37(33)43)44-30-13-9-12-29(23-30)42-25-41(3)35-16-6-7-17-36(35)42/h4-25H,1-3H3/q+1/i3D3. The van der Waals surface area contributed by atoms with E-state index in [4.69, 9.17) is 13.8 Å². The summed E-state index contributed by atoms with van der Waals surface area (Å²) < 4.78 is 36.0. The van der Waals surface area contributed by atoms with Crippen LogP contribution in [0, 0.1) is 13.8 Å². The molecule has 0 unspecified atom stereocenters. The highest BCUT2D eigenvalue weighted by Crippen LogP contribution is 2.36. The summed E-state index contributed by atoms with van der Waals surface area (Å²) in [6.07, 6.45) is 3.50. The minimum absolute atomic E-state index is 0.632. The number of hydrogen-bond donors (Lipinski definition) is 0. The molecule has 0 aliphatic rings. The Morgan fingerprint density at radius 3 is 2.23 bits per heavy atom. The van der Waals surface area contributed by atoms with E-state index < -0.39 is 6.98 Å². The van der Waals surface area contributed by atoms with E-state index in [1.807, 2.05) is 65.4 Å². The van der Waals surface area contributed by atoms with Crippen molar-refractivity contribution in [2.75, 3.05) is 0 Å². The van der Waals surface area contributed by atoms with Crippen molar-refractivity contribution in [2.24, 2.45) is 6.98 Å². The Kier molecular flexibility index (Phi) is 5.32. The van der Waals surface area contributed by atoms with Crippen molar-refractivity contribution in [1.29, 1.82) is 0 Å². The summed E-state index contributed by atoms with van der Waals surface area (Å²) in [5.74, 6) is 2.15. The number of imidazole rings is 1. The SMILES string of the molecule is [2H]C([2H])([2H])n1[cH+]n(-c2cccc(Oc3ccc4c5ccccc5n(-c5cc(-c6c(C)cccc6C)ccn5)c4c3)c2)c2ccccc21. The summed E-state index contributed by atoms with van der Waals surface area (Å²) in [6, 6.07) is 40.3. The fourth-order valence-corrected chi connectivity index (χ4v) is 6.38. The summed E-state index contributed by atoms with van der Waals surface area (Å²) in [6.45, 7) is 1.98. The average Bonchev–Trinajstić information content (AvgIpc) is 3.62. The molecule has 0 radical (unpaired) electrons. The first-order valence-electron chi connectivity index (χ1n) is 16.1. The van der Waals surface area contributed by atoms with Crippen molar-refractivity contribution in [3.63, 3.8) is 0 Å². The van der Waals surface area contributed by atoms with Crippen LogP contribution < -0.4 is 4.74 Å². The second kappa shape index (κ2) is 10.2. The van der Waals surface area contributed by atoms with E-state index in [1.54, 1.807) is 6.33 Å². The predicted molar refractivity (Wildman–Crippen MR) is 180 cm³/mol. The summed E-state index contributed by atoms with van der Waals surface area (Å²) in [7, 11) is 0. The average molecular weight is 575 g/mol. The van der Waals surface area contributed by atoms with Gasteiger partial charge in [0.1, 0.15) is 23.0 Å². The van der Waals surface area contributed by atoms with Crippen molar-refractivity contribution in [3.8, 4) is 34.1 Å². The molecule has 8 aromatic rings. The van der Waals surface area contributed by atoms with Crippen LogP contribution in [-0.2, 0) is 6.98 Å². The first kappa shape index (κ1) is 22.9. The normalized spacial score (nSPS) is 12.8. The highest BCUT2D eigenvalue weighted by atomic mass is 16.5. The molecule has 0 aliphatic carbocycles. The molecule has 5 heteroatoms.